The zero-order chi connectivity index (χ0) is 19.1. The molecule has 6 nitrogen and oxygen atoms in total. The second-order valence-corrected chi connectivity index (χ2v) is 6.64. The molecule has 0 bridgehead atoms. The average Bonchev–Trinajstić information content (AvgIpc) is 3.12. The van der Waals surface area contributed by atoms with Crippen molar-refractivity contribution in [3.63, 3.8) is 0 Å². The number of halogens is 3. The van der Waals surface area contributed by atoms with Crippen molar-refractivity contribution in [2.45, 2.75) is 50.4 Å². The molecule has 9 heteroatoms. The number of amides is 4. The van der Waals surface area contributed by atoms with Crippen molar-refractivity contribution in [1.29, 1.82) is 0 Å². The molecule has 0 radical (unpaired) electrons. The average molecular weight is 369 g/mol. The Morgan fingerprint density at radius 2 is 1.92 bits per heavy atom. The van der Waals surface area contributed by atoms with Crippen LogP contribution in [0, 0.1) is 0 Å². The molecular weight excluding hydrogens is 351 g/mol. The van der Waals surface area contributed by atoms with E-state index >= 15 is 0 Å². The highest BCUT2D eigenvalue weighted by Gasteiger charge is 2.54. The van der Waals surface area contributed by atoms with Gasteiger partial charge in [0.1, 0.15) is 11.6 Å². The number of anilines is 1. The monoisotopic (exact) mass is 369 g/mol. The third kappa shape index (κ3) is 3.13. The molecule has 1 aromatic rings. The minimum Gasteiger partial charge on any atom is -0.324 e. The van der Waals surface area contributed by atoms with Gasteiger partial charge >= 0.3 is 12.2 Å². The fourth-order valence-electron chi connectivity index (χ4n) is 3.45. The fraction of sp³-hybridized carbons (Fsp3) is 0.471. The Labute approximate surface area is 147 Å². The van der Waals surface area contributed by atoms with Gasteiger partial charge in [0.25, 0.3) is 5.91 Å². The molecule has 1 spiro atoms. The summed E-state index contributed by atoms with van der Waals surface area (Å²) in [7, 11) is 0. The van der Waals surface area contributed by atoms with E-state index in [1.165, 1.54) is 19.1 Å². The maximum Gasteiger partial charge on any atom is 0.416 e. The summed E-state index contributed by atoms with van der Waals surface area (Å²) in [5.74, 6) is -1.19. The zero-order valence-electron chi connectivity index (χ0n) is 14.0. The molecule has 2 fully saturated rings. The third-order valence-corrected chi connectivity index (χ3v) is 4.87. The van der Waals surface area contributed by atoms with E-state index in [0.717, 1.165) is 29.9 Å². The molecule has 4 amide bonds. The Balaban J connectivity index is 1.74. The summed E-state index contributed by atoms with van der Waals surface area (Å²) in [5, 5.41) is 5.00. The maximum atomic E-state index is 12.8. The first-order valence-corrected chi connectivity index (χ1v) is 8.28. The largest absolute Gasteiger partial charge is 0.416 e. The summed E-state index contributed by atoms with van der Waals surface area (Å²) in [5.41, 5.74) is -1.90. The molecule has 3 rings (SSSR count). The number of carbonyl (C=O) groups excluding carboxylic acids is 3. The first-order valence-electron chi connectivity index (χ1n) is 8.28. The molecule has 1 aliphatic heterocycles. The number of nitrogens with one attached hydrogen (secondary N) is 2. The van der Waals surface area contributed by atoms with Crippen molar-refractivity contribution in [2.75, 3.05) is 5.32 Å². The highest BCUT2D eigenvalue weighted by Crippen LogP contribution is 2.36. The van der Waals surface area contributed by atoms with Crippen LogP contribution >= 0.6 is 0 Å². The first kappa shape index (κ1) is 18.2. The number of imide groups is 1. The number of carbonyl (C=O) groups is 3. The van der Waals surface area contributed by atoms with Crippen molar-refractivity contribution in [1.82, 2.24) is 10.2 Å². The second-order valence-electron chi connectivity index (χ2n) is 6.64. The Hall–Kier alpha value is -2.58. The summed E-state index contributed by atoms with van der Waals surface area (Å²) in [6.45, 7) is 1.37. The Bertz CT molecular complexity index is 757. The number of rotatable bonds is 3. The van der Waals surface area contributed by atoms with Gasteiger partial charge in [0.2, 0.25) is 5.91 Å². The van der Waals surface area contributed by atoms with Crippen LogP contribution in [0.3, 0.4) is 0 Å². The summed E-state index contributed by atoms with van der Waals surface area (Å²) in [6.07, 6.45) is -1.87. The van der Waals surface area contributed by atoms with Crippen LogP contribution in [0.4, 0.5) is 23.7 Å². The lowest BCUT2D eigenvalue weighted by Gasteiger charge is -2.23. The van der Waals surface area contributed by atoms with E-state index < -0.39 is 41.2 Å². The van der Waals surface area contributed by atoms with Crippen LogP contribution in [0.5, 0.6) is 0 Å². The molecule has 2 N–H and O–H groups in total. The molecule has 26 heavy (non-hydrogen) atoms. The van der Waals surface area contributed by atoms with Crippen LogP contribution in [0.2, 0.25) is 0 Å². The second kappa shape index (κ2) is 6.30. The van der Waals surface area contributed by atoms with E-state index in [0.29, 0.717) is 12.8 Å². The fourth-order valence-corrected chi connectivity index (χ4v) is 3.45. The van der Waals surface area contributed by atoms with Crippen molar-refractivity contribution in [2.24, 2.45) is 0 Å². The summed E-state index contributed by atoms with van der Waals surface area (Å²) < 4.78 is 38.3. The van der Waals surface area contributed by atoms with Crippen LogP contribution in [0.1, 0.15) is 38.2 Å². The number of benzene rings is 1. The van der Waals surface area contributed by atoms with Crippen molar-refractivity contribution >= 4 is 23.5 Å². The minimum absolute atomic E-state index is 0.0562. The predicted molar refractivity (Wildman–Crippen MR) is 86.1 cm³/mol. The van der Waals surface area contributed by atoms with Crippen LogP contribution < -0.4 is 10.6 Å². The molecule has 140 valence electrons. The van der Waals surface area contributed by atoms with E-state index in [9.17, 15) is 27.6 Å². The number of nitrogens with zero attached hydrogens (tertiary/aromatic N) is 1. The van der Waals surface area contributed by atoms with Crippen molar-refractivity contribution in [3.8, 4) is 0 Å². The normalized spacial score (nSPS) is 20.4. The molecule has 1 saturated carbocycles. The lowest BCUT2D eigenvalue weighted by molar-refractivity contribution is -0.137. The Kier molecular flexibility index (Phi) is 4.41. The van der Waals surface area contributed by atoms with Gasteiger partial charge in [-0.15, -0.1) is 0 Å². The summed E-state index contributed by atoms with van der Waals surface area (Å²) in [6, 6.07) is 2.38. The van der Waals surface area contributed by atoms with Gasteiger partial charge < -0.3 is 10.6 Å². The van der Waals surface area contributed by atoms with E-state index in [-0.39, 0.29) is 5.69 Å². The molecule has 0 aromatic heterocycles. The summed E-state index contributed by atoms with van der Waals surface area (Å²) >= 11 is 0. The van der Waals surface area contributed by atoms with E-state index in [2.05, 4.69) is 10.6 Å². The van der Waals surface area contributed by atoms with E-state index in [1.807, 2.05) is 0 Å². The molecule has 1 saturated heterocycles. The molecule has 1 atom stereocenters. The molecule has 1 aromatic carbocycles. The molecule has 1 heterocycles. The van der Waals surface area contributed by atoms with Crippen molar-refractivity contribution < 1.29 is 27.6 Å². The lowest BCUT2D eigenvalue weighted by atomic mass is 9.97. The molecular formula is C17H18F3N3O3. The van der Waals surface area contributed by atoms with Gasteiger partial charge in [-0.2, -0.15) is 13.2 Å². The van der Waals surface area contributed by atoms with Gasteiger partial charge in [0, 0.05) is 5.69 Å². The van der Waals surface area contributed by atoms with Crippen molar-refractivity contribution in [3.05, 3.63) is 29.8 Å². The first-order chi connectivity index (χ1) is 12.1. The third-order valence-electron chi connectivity index (χ3n) is 4.87. The number of hydrogen-bond acceptors (Lipinski definition) is 3. The van der Waals surface area contributed by atoms with Gasteiger partial charge in [-0.05, 0) is 38.0 Å². The standard InChI is InChI=1S/C17H18F3N3O3/c1-10(23-14(25)16(22-15(23)26)7-2-3-8-16)13(24)21-12-6-4-5-11(9-12)17(18,19)20/h4-6,9-10H,2-3,7-8H2,1H3,(H,21,24)(H,22,26). The number of urea groups is 1. The van der Waals surface area contributed by atoms with Crippen LogP contribution in [-0.4, -0.2) is 34.3 Å². The van der Waals surface area contributed by atoms with E-state index in [1.54, 1.807) is 0 Å². The number of alkyl halides is 3. The van der Waals surface area contributed by atoms with E-state index in [4.69, 9.17) is 0 Å². The summed E-state index contributed by atoms with van der Waals surface area (Å²) in [4.78, 5) is 38.1. The smallest absolute Gasteiger partial charge is 0.324 e. The van der Waals surface area contributed by atoms with Gasteiger partial charge in [0.05, 0.1) is 5.56 Å². The van der Waals surface area contributed by atoms with Gasteiger partial charge in [0.15, 0.2) is 0 Å². The lowest BCUT2D eigenvalue weighted by Crippen LogP contribution is -2.48. The minimum atomic E-state index is -4.54. The molecule has 2 aliphatic rings. The van der Waals surface area contributed by atoms with Gasteiger partial charge in [-0.3, -0.25) is 9.59 Å². The van der Waals surface area contributed by atoms with Crippen LogP contribution in [-0.2, 0) is 15.8 Å². The van der Waals surface area contributed by atoms with Gasteiger partial charge in [-0.25, -0.2) is 9.69 Å². The molecule has 1 aliphatic carbocycles. The maximum absolute atomic E-state index is 12.8. The van der Waals surface area contributed by atoms with Gasteiger partial charge in [-0.1, -0.05) is 18.9 Å². The zero-order valence-corrected chi connectivity index (χ0v) is 14.0. The SMILES string of the molecule is CC(C(=O)Nc1cccc(C(F)(F)F)c1)N1C(=O)NC2(CCCC2)C1=O. The van der Waals surface area contributed by atoms with Crippen LogP contribution in [0.25, 0.3) is 0 Å². The highest BCUT2D eigenvalue weighted by molar-refractivity contribution is 6.11. The Morgan fingerprint density at radius 1 is 1.27 bits per heavy atom. The quantitative estimate of drug-likeness (QED) is 0.804. The highest BCUT2D eigenvalue weighted by atomic mass is 19.4. The predicted octanol–water partition coefficient (Wildman–Crippen LogP) is 2.90. The number of hydrogen-bond donors (Lipinski definition) is 2. The van der Waals surface area contributed by atoms with Crippen LogP contribution in [0.15, 0.2) is 24.3 Å². The topological polar surface area (TPSA) is 78.5 Å². The molecule has 1 unspecified atom stereocenters. The Morgan fingerprint density at radius 3 is 2.54 bits per heavy atom.